The Bertz CT molecular complexity index is 721. The summed E-state index contributed by atoms with van der Waals surface area (Å²) in [6.07, 6.45) is 2.98. The highest BCUT2D eigenvalue weighted by atomic mass is 19.1. The minimum Gasteiger partial charge on any atom is -0.367 e. The molecule has 29 heavy (non-hydrogen) atoms. The number of benzene rings is 1. The van der Waals surface area contributed by atoms with Crippen LogP contribution in [-0.4, -0.2) is 74.6 Å². The molecular weight excluding hydrogens is 367 g/mol. The lowest BCUT2D eigenvalue weighted by molar-refractivity contribution is -0.126. The molecule has 6 heteroatoms. The van der Waals surface area contributed by atoms with Crippen LogP contribution in [0.25, 0.3) is 0 Å². The fourth-order valence-electron chi connectivity index (χ4n) is 4.18. The van der Waals surface area contributed by atoms with Crippen molar-refractivity contribution < 1.29 is 9.18 Å². The Labute approximate surface area is 174 Å². The van der Waals surface area contributed by atoms with Gasteiger partial charge < -0.3 is 10.2 Å². The average Bonchev–Trinajstić information content (AvgIpc) is 2.76. The fourth-order valence-corrected chi connectivity index (χ4v) is 4.18. The number of carbonyl (C=O) groups excluding carboxylic acids is 1. The van der Waals surface area contributed by atoms with Gasteiger partial charge in [0.2, 0.25) is 5.91 Å². The van der Waals surface area contributed by atoms with Gasteiger partial charge in [0.15, 0.2) is 0 Å². The molecule has 158 valence electrons. The van der Waals surface area contributed by atoms with Crippen LogP contribution in [0.4, 0.5) is 10.1 Å². The second kappa shape index (κ2) is 11.2. The summed E-state index contributed by atoms with van der Waals surface area (Å²) in [5.74, 6) is 6.15. The largest absolute Gasteiger partial charge is 0.367 e. The molecule has 2 aliphatic heterocycles. The minimum atomic E-state index is -0.147. The van der Waals surface area contributed by atoms with E-state index in [1.54, 1.807) is 6.07 Å². The fraction of sp³-hybridized carbons (Fsp3) is 0.609. The lowest BCUT2D eigenvalue weighted by Crippen LogP contribution is -2.47. The van der Waals surface area contributed by atoms with E-state index in [1.165, 1.54) is 6.07 Å². The van der Waals surface area contributed by atoms with Crippen LogP contribution in [-0.2, 0) is 4.79 Å². The van der Waals surface area contributed by atoms with Crippen LogP contribution in [0.5, 0.6) is 0 Å². The third kappa shape index (κ3) is 6.45. The van der Waals surface area contributed by atoms with Crippen LogP contribution in [0.3, 0.4) is 0 Å². The molecule has 2 heterocycles. The quantitative estimate of drug-likeness (QED) is 0.563. The van der Waals surface area contributed by atoms with Crippen LogP contribution < -0.4 is 10.2 Å². The van der Waals surface area contributed by atoms with Crippen molar-refractivity contribution in [2.75, 3.05) is 63.8 Å². The molecule has 0 saturated carbocycles. The molecule has 0 bridgehead atoms. The first kappa shape index (κ1) is 21.6. The Hall–Kier alpha value is -2.10. The van der Waals surface area contributed by atoms with Gasteiger partial charge in [-0.2, -0.15) is 0 Å². The van der Waals surface area contributed by atoms with E-state index in [-0.39, 0.29) is 17.6 Å². The zero-order valence-electron chi connectivity index (χ0n) is 17.5. The van der Waals surface area contributed by atoms with E-state index >= 15 is 0 Å². The van der Waals surface area contributed by atoms with Gasteiger partial charge in [-0.1, -0.05) is 18.1 Å². The summed E-state index contributed by atoms with van der Waals surface area (Å²) in [5, 5.41) is 3.12. The molecule has 0 spiro atoms. The normalized spacial score (nSPS) is 20.8. The first-order valence-electron chi connectivity index (χ1n) is 10.8. The standard InChI is InChI=1S/C23H33FN4O/c1-2-3-12-27-13-6-8-20(19-27)23(29)25-11-7-14-26-15-17-28(18-16-26)22-10-5-4-9-21(22)24/h4-5,9-10,20H,6-8,11-19H2,1H3,(H,25,29). The molecule has 0 aromatic heterocycles. The Kier molecular flexibility index (Phi) is 8.33. The number of piperazine rings is 1. The Balaban J connectivity index is 1.31. The number of rotatable bonds is 7. The van der Waals surface area contributed by atoms with Crippen LogP contribution in [0, 0.1) is 23.6 Å². The van der Waals surface area contributed by atoms with Gasteiger partial charge in [-0.25, -0.2) is 4.39 Å². The first-order valence-corrected chi connectivity index (χ1v) is 10.8. The number of carbonyl (C=O) groups is 1. The van der Waals surface area contributed by atoms with E-state index in [9.17, 15) is 9.18 Å². The number of halogens is 1. The molecule has 1 aromatic carbocycles. The number of amides is 1. The molecular formula is C23H33FN4O. The average molecular weight is 401 g/mol. The zero-order chi connectivity index (χ0) is 20.5. The second-order valence-corrected chi connectivity index (χ2v) is 7.93. The molecule has 0 radical (unpaired) electrons. The molecule has 1 N–H and O–H groups in total. The second-order valence-electron chi connectivity index (χ2n) is 7.93. The van der Waals surface area contributed by atoms with E-state index in [1.807, 2.05) is 19.1 Å². The predicted molar refractivity (Wildman–Crippen MR) is 115 cm³/mol. The molecule has 1 unspecified atom stereocenters. The van der Waals surface area contributed by atoms with Crippen LogP contribution in [0.15, 0.2) is 24.3 Å². The maximum absolute atomic E-state index is 13.9. The number of nitrogens with one attached hydrogen (secondary N) is 1. The molecule has 2 saturated heterocycles. The Morgan fingerprint density at radius 2 is 1.97 bits per heavy atom. The Morgan fingerprint density at radius 1 is 1.17 bits per heavy atom. The van der Waals surface area contributed by atoms with E-state index in [0.29, 0.717) is 5.69 Å². The summed E-state index contributed by atoms with van der Waals surface area (Å²) < 4.78 is 13.9. The van der Waals surface area contributed by atoms with Crippen LogP contribution >= 0.6 is 0 Å². The summed E-state index contributed by atoms with van der Waals surface area (Å²) in [6, 6.07) is 6.98. The van der Waals surface area contributed by atoms with Crippen molar-refractivity contribution in [1.29, 1.82) is 0 Å². The van der Waals surface area contributed by atoms with Crippen molar-refractivity contribution in [3.63, 3.8) is 0 Å². The minimum absolute atomic E-state index is 0.0896. The van der Waals surface area contributed by atoms with E-state index in [0.717, 1.165) is 78.2 Å². The number of anilines is 1. The number of likely N-dealkylation sites (tertiary alicyclic amines) is 1. The van der Waals surface area contributed by atoms with E-state index in [2.05, 4.69) is 31.9 Å². The smallest absolute Gasteiger partial charge is 0.224 e. The molecule has 2 fully saturated rings. The highest BCUT2D eigenvalue weighted by molar-refractivity contribution is 5.78. The van der Waals surface area contributed by atoms with Crippen molar-refractivity contribution in [3.8, 4) is 11.8 Å². The summed E-state index contributed by atoms with van der Waals surface area (Å²) in [7, 11) is 0. The highest BCUT2D eigenvalue weighted by Gasteiger charge is 2.25. The molecule has 1 aromatic rings. The van der Waals surface area contributed by atoms with Gasteiger partial charge in [-0.3, -0.25) is 14.6 Å². The van der Waals surface area contributed by atoms with Crippen molar-refractivity contribution >= 4 is 11.6 Å². The topological polar surface area (TPSA) is 38.8 Å². The van der Waals surface area contributed by atoms with Gasteiger partial charge in [0.05, 0.1) is 18.2 Å². The third-order valence-electron chi connectivity index (χ3n) is 5.87. The SMILES string of the molecule is CC#CCN1CCCC(C(=O)NCCCN2CCN(c3ccccc3F)CC2)C1. The van der Waals surface area contributed by atoms with Gasteiger partial charge in [0, 0.05) is 39.3 Å². The van der Waals surface area contributed by atoms with Crippen molar-refractivity contribution in [3.05, 3.63) is 30.1 Å². The van der Waals surface area contributed by atoms with Crippen molar-refractivity contribution in [2.45, 2.75) is 26.2 Å². The van der Waals surface area contributed by atoms with Gasteiger partial charge >= 0.3 is 0 Å². The number of nitrogens with zero attached hydrogens (tertiary/aromatic N) is 3. The third-order valence-corrected chi connectivity index (χ3v) is 5.87. The summed E-state index contributed by atoms with van der Waals surface area (Å²) >= 11 is 0. The Morgan fingerprint density at radius 3 is 2.72 bits per heavy atom. The molecule has 1 amide bonds. The highest BCUT2D eigenvalue weighted by Crippen LogP contribution is 2.20. The molecule has 5 nitrogen and oxygen atoms in total. The lowest BCUT2D eigenvalue weighted by atomic mass is 9.97. The van der Waals surface area contributed by atoms with Crippen molar-refractivity contribution in [2.24, 2.45) is 5.92 Å². The van der Waals surface area contributed by atoms with Crippen LogP contribution in [0.1, 0.15) is 26.2 Å². The zero-order valence-corrected chi connectivity index (χ0v) is 17.5. The number of hydrogen-bond donors (Lipinski definition) is 1. The predicted octanol–water partition coefficient (Wildman–Crippen LogP) is 2.19. The van der Waals surface area contributed by atoms with Gasteiger partial charge in [0.1, 0.15) is 5.82 Å². The van der Waals surface area contributed by atoms with Crippen molar-refractivity contribution in [1.82, 2.24) is 15.1 Å². The molecule has 2 aliphatic rings. The van der Waals surface area contributed by atoms with Gasteiger partial charge in [0.25, 0.3) is 0 Å². The van der Waals surface area contributed by atoms with E-state index < -0.39 is 0 Å². The monoisotopic (exact) mass is 400 g/mol. The van der Waals surface area contributed by atoms with Gasteiger partial charge in [-0.05, 0) is 51.4 Å². The number of para-hydroxylation sites is 1. The molecule has 0 aliphatic carbocycles. The maximum atomic E-state index is 13.9. The van der Waals surface area contributed by atoms with Gasteiger partial charge in [-0.15, -0.1) is 5.92 Å². The number of hydrogen-bond acceptors (Lipinski definition) is 4. The first-order chi connectivity index (χ1) is 14.2. The summed E-state index contributed by atoms with van der Waals surface area (Å²) in [6.45, 7) is 9.70. The molecule has 3 rings (SSSR count). The maximum Gasteiger partial charge on any atom is 0.224 e. The molecule has 1 atom stereocenters. The number of piperidine rings is 1. The summed E-state index contributed by atoms with van der Waals surface area (Å²) in [4.78, 5) is 19.3. The lowest BCUT2D eigenvalue weighted by Gasteiger charge is -2.36. The van der Waals surface area contributed by atoms with E-state index in [4.69, 9.17) is 0 Å². The van der Waals surface area contributed by atoms with Crippen LogP contribution in [0.2, 0.25) is 0 Å². The summed E-state index contributed by atoms with van der Waals surface area (Å²) in [5.41, 5.74) is 0.700.